The Balaban J connectivity index is 2.41. The average Bonchev–Trinajstić information content (AvgIpc) is 2.39. The van der Waals surface area contributed by atoms with Crippen LogP contribution < -0.4 is 5.73 Å². The van der Waals surface area contributed by atoms with Crippen LogP contribution in [0.5, 0.6) is 0 Å². The fraction of sp³-hybridized carbons (Fsp3) is 0.533. The highest BCUT2D eigenvalue weighted by atomic mass is 16.2. The number of hydrogen-bond donors (Lipinski definition) is 1. The lowest BCUT2D eigenvalue weighted by Crippen LogP contribution is -2.43. The maximum absolute atomic E-state index is 12.0. The zero-order valence-electron chi connectivity index (χ0n) is 11.4. The van der Waals surface area contributed by atoms with Crippen molar-refractivity contribution in [3.8, 4) is 0 Å². The smallest absolute Gasteiger partial charge is 0.239 e. The molecule has 2 N–H and O–H groups in total. The minimum Gasteiger partial charge on any atom is -0.344 e. The highest BCUT2D eigenvalue weighted by molar-refractivity contribution is 5.81. The van der Waals surface area contributed by atoms with Gasteiger partial charge in [0.05, 0.1) is 6.04 Å². The largest absolute Gasteiger partial charge is 0.344 e. The van der Waals surface area contributed by atoms with E-state index < -0.39 is 6.04 Å². The van der Waals surface area contributed by atoms with Crippen LogP contribution in [0.2, 0.25) is 0 Å². The van der Waals surface area contributed by atoms with Crippen LogP contribution in [0.4, 0.5) is 0 Å². The summed E-state index contributed by atoms with van der Waals surface area (Å²) in [4.78, 5) is 13.8. The van der Waals surface area contributed by atoms with Gasteiger partial charge in [-0.25, -0.2) is 0 Å². The summed E-state index contributed by atoms with van der Waals surface area (Å²) in [6.45, 7) is 2.96. The molecule has 0 fully saturated rings. The molecular formula is C15H24N2O. The van der Waals surface area contributed by atoms with E-state index in [4.69, 9.17) is 5.73 Å². The summed E-state index contributed by atoms with van der Waals surface area (Å²) in [6.07, 6.45) is 3.98. The minimum absolute atomic E-state index is 0.0370. The number of likely N-dealkylation sites (N-methyl/N-ethyl adjacent to an activating group) is 1. The Hall–Kier alpha value is -1.35. The molecule has 1 aromatic rings. The summed E-state index contributed by atoms with van der Waals surface area (Å²) >= 11 is 0. The Bertz CT molecular complexity index is 351. The van der Waals surface area contributed by atoms with Crippen LogP contribution in [-0.4, -0.2) is 30.4 Å². The van der Waals surface area contributed by atoms with Crippen molar-refractivity contribution < 1.29 is 4.79 Å². The first-order valence-corrected chi connectivity index (χ1v) is 6.69. The van der Waals surface area contributed by atoms with Crippen LogP contribution >= 0.6 is 0 Å². The second kappa shape index (κ2) is 7.88. The van der Waals surface area contributed by atoms with E-state index in [1.807, 2.05) is 37.4 Å². The Morgan fingerprint density at radius 2 is 1.94 bits per heavy atom. The van der Waals surface area contributed by atoms with E-state index in [0.717, 1.165) is 31.4 Å². The Morgan fingerprint density at radius 1 is 1.28 bits per heavy atom. The lowest BCUT2D eigenvalue weighted by Gasteiger charge is -2.21. The quantitative estimate of drug-likeness (QED) is 0.752. The molecule has 0 bridgehead atoms. The van der Waals surface area contributed by atoms with Crippen molar-refractivity contribution in [2.24, 2.45) is 5.73 Å². The normalized spacial score (nSPS) is 12.2. The molecule has 0 aliphatic heterocycles. The van der Waals surface area contributed by atoms with Crippen LogP contribution in [0.25, 0.3) is 0 Å². The number of rotatable bonds is 7. The Kier molecular flexibility index (Phi) is 6.44. The van der Waals surface area contributed by atoms with Gasteiger partial charge in [-0.3, -0.25) is 4.79 Å². The molecule has 3 nitrogen and oxygen atoms in total. The Morgan fingerprint density at radius 3 is 2.56 bits per heavy atom. The van der Waals surface area contributed by atoms with E-state index >= 15 is 0 Å². The van der Waals surface area contributed by atoms with Gasteiger partial charge < -0.3 is 10.6 Å². The van der Waals surface area contributed by atoms with Gasteiger partial charge in [-0.2, -0.15) is 0 Å². The van der Waals surface area contributed by atoms with Crippen molar-refractivity contribution >= 4 is 5.91 Å². The zero-order valence-corrected chi connectivity index (χ0v) is 11.4. The van der Waals surface area contributed by atoms with Crippen LogP contribution in [0.1, 0.15) is 31.7 Å². The van der Waals surface area contributed by atoms with Gasteiger partial charge in [-0.05, 0) is 18.4 Å². The third kappa shape index (κ3) is 4.88. The van der Waals surface area contributed by atoms with Crippen molar-refractivity contribution in [1.29, 1.82) is 0 Å². The molecule has 0 aliphatic rings. The van der Waals surface area contributed by atoms with Gasteiger partial charge in [-0.1, -0.05) is 50.1 Å². The molecule has 0 unspecified atom stereocenters. The summed E-state index contributed by atoms with van der Waals surface area (Å²) < 4.78 is 0. The van der Waals surface area contributed by atoms with E-state index in [0.29, 0.717) is 6.42 Å². The number of unbranched alkanes of at least 4 members (excludes halogenated alkanes) is 2. The first kappa shape index (κ1) is 14.7. The van der Waals surface area contributed by atoms with Crippen LogP contribution in [0.15, 0.2) is 30.3 Å². The van der Waals surface area contributed by atoms with E-state index in [-0.39, 0.29) is 5.91 Å². The molecule has 0 saturated heterocycles. The molecule has 1 rings (SSSR count). The molecule has 3 heteroatoms. The standard InChI is InChI=1S/C15H24N2O/c1-3-4-8-11-17(2)15(18)14(16)12-13-9-6-5-7-10-13/h5-7,9-10,14H,3-4,8,11-12,16H2,1-2H3/t14-/m1/s1. The van der Waals surface area contributed by atoms with Crippen molar-refractivity contribution in [3.05, 3.63) is 35.9 Å². The molecule has 18 heavy (non-hydrogen) atoms. The predicted molar refractivity (Wildman–Crippen MR) is 75.3 cm³/mol. The van der Waals surface area contributed by atoms with Crippen molar-refractivity contribution in [2.75, 3.05) is 13.6 Å². The van der Waals surface area contributed by atoms with Crippen molar-refractivity contribution in [1.82, 2.24) is 4.90 Å². The monoisotopic (exact) mass is 248 g/mol. The zero-order chi connectivity index (χ0) is 13.4. The van der Waals surface area contributed by atoms with Gasteiger partial charge in [0.2, 0.25) is 5.91 Å². The second-order valence-corrected chi connectivity index (χ2v) is 4.76. The number of nitrogens with zero attached hydrogens (tertiary/aromatic N) is 1. The van der Waals surface area contributed by atoms with E-state index in [9.17, 15) is 4.79 Å². The fourth-order valence-corrected chi connectivity index (χ4v) is 1.95. The third-order valence-electron chi connectivity index (χ3n) is 3.09. The van der Waals surface area contributed by atoms with Gasteiger partial charge in [0, 0.05) is 13.6 Å². The molecule has 1 aromatic carbocycles. The highest BCUT2D eigenvalue weighted by Gasteiger charge is 2.17. The molecule has 0 aliphatic carbocycles. The highest BCUT2D eigenvalue weighted by Crippen LogP contribution is 2.05. The maximum Gasteiger partial charge on any atom is 0.239 e. The number of nitrogens with two attached hydrogens (primary N) is 1. The summed E-state index contributed by atoms with van der Waals surface area (Å²) in [7, 11) is 1.84. The van der Waals surface area contributed by atoms with Gasteiger partial charge in [0.25, 0.3) is 0 Å². The first-order valence-electron chi connectivity index (χ1n) is 6.69. The molecule has 0 spiro atoms. The summed E-state index contributed by atoms with van der Waals surface area (Å²) in [5.74, 6) is 0.0370. The molecule has 0 saturated carbocycles. The topological polar surface area (TPSA) is 46.3 Å². The number of carbonyl (C=O) groups excluding carboxylic acids is 1. The van der Waals surface area contributed by atoms with Crippen molar-refractivity contribution in [3.63, 3.8) is 0 Å². The number of amides is 1. The maximum atomic E-state index is 12.0. The SMILES string of the molecule is CCCCCN(C)C(=O)[C@H](N)Cc1ccccc1. The summed E-state index contributed by atoms with van der Waals surface area (Å²) in [5.41, 5.74) is 7.07. The molecule has 1 atom stereocenters. The molecule has 100 valence electrons. The summed E-state index contributed by atoms with van der Waals surface area (Å²) in [6, 6.07) is 9.48. The van der Waals surface area contributed by atoms with Gasteiger partial charge in [0.1, 0.15) is 0 Å². The molecule has 0 aromatic heterocycles. The predicted octanol–water partition coefficient (Wildman–Crippen LogP) is 2.21. The number of carbonyl (C=O) groups is 1. The van der Waals surface area contributed by atoms with Crippen LogP contribution in [0.3, 0.4) is 0 Å². The van der Waals surface area contributed by atoms with Crippen LogP contribution in [0, 0.1) is 0 Å². The number of hydrogen-bond acceptors (Lipinski definition) is 2. The first-order chi connectivity index (χ1) is 8.65. The third-order valence-corrected chi connectivity index (χ3v) is 3.09. The summed E-state index contributed by atoms with van der Waals surface area (Å²) in [5, 5.41) is 0. The second-order valence-electron chi connectivity index (χ2n) is 4.76. The van der Waals surface area contributed by atoms with Crippen molar-refractivity contribution in [2.45, 2.75) is 38.6 Å². The van der Waals surface area contributed by atoms with E-state index in [2.05, 4.69) is 6.92 Å². The molecule has 0 heterocycles. The van der Waals surface area contributed by atoms with E-state index in [1.54, 1.807) is 4.90 Å². The Labute approximate surface area is 110 Å². The van der Waals surface area contributed by atoms with Gasteiger partial charge in [-0.15, -0.1) is 0 Å². The number of benzene rings is 1. The average molecular weight is 248 g/mol. The lowest BCUT2D eigenvalue weighted by atomic mass is 10.1. The van der Waals surface area contributed by atoms with Gasteiger partial charge in [0.15, 0.2) is 0 Å². The van der Waals surface area contributed by atoms with E-state index in [1.165, 1.54) is 0 Å². The minimum atomic E-state index is -0.431. The lowest BCUT2D eigenvalue weighted by molar-refractivity contribution is -0.131. The fourth-order valence-electron chi connectivity index (χ4n) is 1.95. The van der Waals surface area contributed by atoms with Gasteiger partial charge >= 0.3 is 0 Å². The van der Waals surface area contributed by atoms with Crippen LogP contribution in [-0.2, 0) is 11.2 Å². The molecular weight excluding hydrogens is 224 g/mol. The molecule has 1 amide bonds. The molecule has 0 radical (unpaired) electrons.